The van der Waals surface area contributed by atoms with Gasteiger partial charge in [-0.15, -0.1) is 0 Å². The Hall–Kier alpha value is -2.18. The Labute approximate surface area is 154 Å². The van der Waals surface area contributed by atoms with Gasteiger partial charge < -0.3 is 14.2 Å². The van der Waals surface area contributed by atoms with Crippen LogP contribution < -0.4 is 0 Å². The molecule has 1 fully saturated rings. The third-order valence-corrected chi connectivity index (χ3v) is 4.71. The van der Waals surface area contributed by atoms with Crippen LogP contribution in [0.3, 0.4) is 0 Å². The monoisotopic (exact) mass is 357 g/mol. The maximum absolute atomic E-state index is 12.6. The lowest BCUT2D eigenvalue weighted by Gasteiger charge is -2.31. The van der Waals surface area contributed by atoms with E-state index in [0.29, 0.717) is 37.7 Å². The highest BCUT2D eigenvalue weighted by atomic mass is 16.5. The number of likely N-dealkylation sites (N-methyl/N-ethyl adjacent to an activating group) is 1. The first-order chi connectivity index (χ1) is 12.7. The van der Waals surface area contributed by atoms with Gasteiger partial charge in [-0.25, -0.2) is 0 Å². The second-order valence-corrected chi connectivity index (χ2v) is 6.80. The van der Waals surface area contributed by atoms with Crippen LogP contribution in [0.15, 0.2) is 40.9 Å². The van der Waals surface area contributed by atoms with Crippen molar-refractivity contribution in [2.75, 3.05) is 33.3 Å². The van der Waals surface area contributed by atoms with Crippen LogP contribution in [-0.2, 0) is 17.7 Å². The molecule has 1 aliphatic rings. The molecule has 2 aromatic rings. The largest absolute Gasteiger partial charge is 0.375 e. The molecule has 0 bridgehead atoms. The lowest BCUT2D eigenvalue weighted by atomic mass is 10.1. The minimum Gasteiger partial charge on any atom is -0.375 e. The second kappa shape index (κ2) is 8.96. The van der Waals surface area contributed by atoms with E-state index in [0.717, 1.165) is 19.4 Å². The van der Waals surface area contributed by atoms with Gasteiger partial charge in [-0.2, -0.15) is 0 Å². The van der Waals surface area contributed by atoms with E-state index >= 15 is 0 Å². The average molecular weight is 357 g/mol. The molecule has 0 radical (unpaired) electrons. The predicted molar refractivity (Wildman–Crippen MR) is 98.9 cm³/mol. The molecule has 6 nitrogen and oxygen atoms in total. The van der Waals surface area contributed by atoms with Gasteiger partial charge in [-0.05, 0) is 25.5 Å². The first-order valence-corrected chi connectivity index (χ1v) is 9.24. The van der Waals surface area contributed by atoms with Crippen molar-refractivity contribution < 1.29 is 14.1 Å². The fourth-order valence-corrected chi connectivity index (χ4v) is 3.11. The van der Waals surface area contributed by atoms with Gasteiger partial charge in [0.15, 0.2) is 11.5 Å². The number of hydrogen-bond donors (Lipinski definition) is 0. The summed E-state index contributed by atoms with van der Waals surface area (Å²) in [6, 6.07) is 12.2. The minimum atomic E-state index is -0.0753. The van der Waals surface area contributed by atoms with Crippen LogP contribution in [0.25, 0.3) is 0 Å². The molecule has 1 atom stereocenters. The quantitative estimate of drug-likeness (QED) is 0.762. The molecule has 2 heterocycles. The second-order valence-electron chi connectivity index (χ2n) is 6.80. The van der Waals surface area contributed by atoms with E-state index < -0.39 is 0 Å². The van der Waals surface area contributed by atoms with Crippen LogP contribution in [0.5, 0.6) is 0 Å². The van der Waals surface area contributed by atoms with E-state index in [9.17, 15) is 4.79 Å². The highest BCUT2D eigenvalue weighted by Gasteiger charge is 2.26. The van der Waals surface area contributed by atoms with Gasteiger partial charge in [0, 0.05) is 25.7 Å². The van der Waals surface area contributed by atoms with Crippen molar-refractivity contribution in [2.45, 2.75) is 32.4 Å². The van der Waals surface area contributed by atoms with Gasteiger partial charge in [0.1, 0.15) is 0 Å². The third kappa shape index (κ3) is 4.93. The van der Waals surface area contributed by atoms with E-state index in [1.807, 2.05) is 13.1 Å². The molecule has 0 spiro atoms. The summed E-state index contributed by atoms with van der Waals surface area (Å²) >= 11 is 0. The van der Waals surface area contributed by atoms with Crippen LogP contribution in [0.2, 0.25) is 0 Å². The SMILES string of the molecule is CC[C@H]1CN(C(=O)c2cc(CN(C)CCc3ccccc3)on2)CCO1. The van der Waals surface area contributed by atoms with E-state index in [2.05, 4.69) is 41.2 Å². The molecule has 140 valence electrons. The van der Waals surface area contributed by atoms with E-state index in [4.69, 9.17) is 9.26 Å². The number of amides is 1. The number of benzene rings is 1. The van der Waals surface area contributed by atoms with Gasteiger partial charge in [-0.1, -0.05) is 42.4 Å². The van der Waals surface area contributed by atoms with Crippen LogP contribution in [0.4, 0.5) is 0 Å². The molecule has 1 aromatic carbocycles. The topological polar surface area (TPSA) is 58.8 Å². The highest BCUT2D eigenvalue weighted by Crippen LogP contribution is 2.14. The summed E-state index contributed by atoms with van der Waals surface area (Å²) in [7, 11) is 2.04. The Balaban J connectivity index is 1.51. The molecule has 1 saturated heterocycles. The number of nitrogens with zero attached hydrogens (tertiary/aromatic N) is 3. The van der Waals surface area contributed by atoms with Crippen molar-refractivity contribution in [3.63, 3.8) is 0 Å². The number of rotatable bonds is 7. The number of ether oxygens (including phenoxy) is 1. The lowest BCUT2D eigenvalue weighted by molar-refractivity contribution is -0.0229. The Morgan fingerprint density at radius 1 is 1.35 bits per heavy atom. The summed E-state index contributed by atoms with van der Waals surface area (Å²) in [4.78, 5) is 16.6. The normalized spacial score (nSPS) is 17.7. The van der Waals surface area contributed by atoms with Gasteiger partial charge >= 0.3 is 0 Å². The number of morpholine rings is 1. The van der Waals surface area contributed by atoms with E-state index in [-0.39, 0.29) is 12.0 Å². The van der Waals surface area contributed by atoms with E-state index in [1.165, 1.54) is 5.56 Å². The van der Waals surface area contributed by atoms with Crippen molar-refractivity contribution in [1.29, 1.82) is 0 Å². The molecule has 1 amide bonds. The summed E-state index contributed by atoms with van der Waals surface area (Å²) in [6.07, 6.45) is 1.99. The zero-order chi connectivity index (χ0) is 18.4. The van der Waals surface area contributed by atoms with Crippen molar-refractivity contribution in [2.24, 2.45) is 0 Å². The molecule has 0 N–H and O–H groups in total. The number of aromatic nitrogens is 1. The summed E-state index contributed by atoms with van der Waals surface area (Å²) in [5.74, 6) is 0.637. The van der Waals surface area contributed by atoms with Gasteiger partial charge in [-0.3, -0.25) is 9.69 Å². The van der Waals surface area contributed by atoms with Crippen molar-refractivity contribution in [1.82, 2.24) is 15.0 Å². The molecule has 1 aromatic heterocycles. The van der Waals surface area contributed by atoms with Crippen LogP contribution in [0.1, 0.15) is 35.2 Å². The summed E-state index contributed by atoms with van der Waals surface area (Å²) in [6.45, 7) is 5.42. The zero-order valence-electron chi connectivity index (χ0n) is 15.6. The first-order valence-electron chi connectivity index (χ1n) is 9.24. The van der Waals surface area contributed by atoms with Crippen LogP contribution >= 0.6 is 0 Å². The number of hydrogen-bond acceptors (Lipinski definition) is 5. The van der Waals surface area contributed by atoms with Crippen LogP contribution in [0, 0.1) is 0 Å². The predicted octanol–water partition coefficient (Wildman–Crippen LogP) is 2.60. The smallest absolute Gasteiger partial charge is 0.276 e. The molecule has 0 aliphatic carbocycles. The Morgan fingerprint density at radius 3 is 2.92 bits per heavy atom. The summed E-state index contributed by atoms with van der Waals surface area (Å²) in [5.41, 5.74) is 1.69. The Bertz CT molecular complexity index is 701. The minimum absolute atomic E-state index is 0.0753. The van der Waals surface area contributed by atoms with Gasteiger partial charge in [0.05, 0.1) is 19.3 Å². The molecule has 26 heavy (non-hydrogen) atoms. The summed E-state index contributed by atoms with van der Waals surface area (Å²) in [5, 5.41) is 3.98. The standard InChI is InChI=1S/C20H27N3O3/c1-3-17-15-23(11-12-25-17)20(24)19-13-18(26-21-19)14-22(2)10-9-16-7-5-4-6-8-16/h4-8,13,17H,3,9-12,14-15H2,1-2H3/t17-/m0/s1. The van der Waals surface area contributed by atoms with Crippen LogP contribution in [-0.4, -0.2) is 60.3 Å². The first kappa shape index (κ1) is 18.6. The molecule has 1 aliphatic heterocycles. The fourth-order valence-electron chi connectivity index (χ4n) is 3.11. The molecular weight excluding hydrogens is 330 g/mol. The highest BCUT2D eigenvalue weighted by molar-refractivity contribution is 5.92. The lowest BCUT2D eigenvalue weighted by Crippen LogP contribution is -2.45. The molecule has 0 unspecified atom stereocenters. The van der Waals surface area contributed by atoms with Gasteiger partial charge in [0.2, 0.25) is 0 Å². The summed E-state index contributed by atoms with van der Waals surface area (Å²) < 4.78 is 11.0. The van der Waals surface area contributed by atoms with Gasteiger partial charge in [0.25, 0.3) is 5.91 Å². The Kier molecular flexibility index (Phi) is 6.41. The number of carbonyl (C=O) groups is 1. The Morgan fingerprint density at radius 2 is 2.15 bits per heavy atom. The molecule has 3 rings (SSSR count). The number of carbonyl (C=O) groups excluding carboxylic acids is 1. The molecule has 6 heteroatoms. The fraction of sp³-hybridized carbons (Fsp3) is 0.500. The van der Waals surface area contributed by atoms with Crippen molar-refractivity contribution >= 4 is 5.91 Å². The molecule has 0 saturated carbocycles. The maximum Gasteiger partial charge on any atom is 0.276 e. The van der Waals surface area contributed by atoms with Crippen molar-refractivity contribution in [3.05, 3.63) is 53.4 Å². The molecular formula is C20H27N3O3. The van der Waals surface area contributed by atoms with Crippen molar-refractivity contribution in [3.8, 4) is 0 Å². The zero-order valence-corrected chi connectivity index (χ0v) is 15.6. The maximum atomic E-state index is 12.6. The third-order valence-electron chi connectivity index (χ3n) is 4.71. The van der Waals surface area contributed by atoms with E-state index in [1.54, 1.807) is 11.0 Å². The average Bonchev–Trinajstić information content (AvgIpc) is 3.15.